The first kappa shape index (κ1) is 15.8. The van der Waals surface area contributed by atoms with Gasteiger partial charge in [0.05, 0.1) is 24.3 Å². The van der Waals surface area contributed by atoms with Gasteiger partial charge in [-0.05, 0) is 45.9 Å². The third-order valence-electron chi connectivity index (χ3n) is 4.45. The molecule has 2 atom stereocenters. The minimum atomic E-state index is -0.0803. The van der Waals surface area contributed by atoms with E-state index in [1.54, 1.807) is 0 Å². The molecule has 2 heterocycles. The van der Waals surface area contributed by atoms with Gasteiger partial charge in [-0.25, -0.2) is 4.79 Å². The third kappa shape index (κ3) is 3.17. The van der Waals surface area contributed by atoms with Gasteiger partial charge in [-0.2, -0.15) is 5.10 Å². The molecule has 23 heavy (non-hydrogen) atoms. The van der Waals surface area contributed by atoms with Crippen molar-refractivity contribution in [3.63, 3.8) is 0 Å². The van der Waals surface area contributed by atoms with Crippen molar-refractivity contribution < 1.29 is 9.53 Å². The maximum atomic E-state index is 12.5. The fourth-order valence-electron chi connectivity index (χ4n) is 2.80. The molecule has 1 N–H and O–H groups in total. The number of nitrogens with one attached hydrogen (secondary N) is 1. The molecule has 1 aliphatic rings. The lowest BCUT2D eigenvalue weighted by Gasteiger charge is -2.37. The van der Waals surface area contributed by atoms with E-state index < -0.39 is 0 Å². The van der Waals surface area contributed by atoms with Crippen molar-refractivity contribution in [2.45, 2.75) is 45.9 Å². The largest absolute Gasteiger partial charge is 0.375 e. The number of benzene rings is 1. The fraction of sp³-hybridized carbons (Fsp3) is 0.529. The first-order valence-electron chi connectivity index (χ1n) is 8.14. The van der Waals surface area contributed by atoms with Gasteiger partial charge in [0.1, 0.15) is 0 Å². The number of carbonyl (C=O) groups excluding carboxylic acids is 1. The number of aromatic nitrogens is 2. The van der Waals surface area contributed by atoms with Crippen LogP contribution in [0.15, 0.2) is 24.4 Å². The smallest absolute Gasteiger partial charge is 0.322 e. The van der Waals surface area contributed by atoms with E-state index in [1.807, 2.05) is 47.8 Å². The van der Waals surface area contributed by atoms with Crippen LogP contribution < -0.4 is 5.32 Å². The second kappa shape index (κ2) is 6.20. The second-order valence-corrected chi connectivity index (χ2v) is 6.42. The number of hydrogen-bond donors (Lipinski definition) is 1. The van der Waals surface area contributed by atoms with Gasteiger partial charge in [0.2, 0.25) is 0 Å². The van der Waals surface area contributed by atoms with E-state index >= 15 is 0 Å². The quantitative estimate of drug-likeness (QED) is 0.925. The summed E-state index contributed by atoms with van der Waals surface area (Å²) in [6.45, 7) is 9.39. The van der Waals surface area contributed by atoms with Crippen LogP contribution >= 0.6 is 0 Å². The average Bonchev–Trinajstić information content (AvgIpc) is 2.93. The van der Waals surface area contributed by atoms with Crippen LogP contribution in [0.5, 0.6) is 0 Å². The molecule has 124 valence electrons. The van der Waals surface area contributed by atoms with Gasteiger partial charge in [-0.15, -0.1) is 0 Å². The highest BCUT2D eigenvalue weighted by Crippen LogP contribution is 2.21. The van der Waals surface area contributed by atoms with Crippen LogP contribution in [-0.2, 0) is 4.74 Å². The maximum absolute atomic E-state index is 12.5. The standard InChI is InChI=1S/C17H24N4O2/c1-11(2)21-10-14-9-15(5-6-16(14)19-21)18-17(22)20-7-8-23-13(4)12(20)3/h5-6,9-13H,7-8H2,1-4H3,(H,18,22). The summed E-state index contributed by atoms with van der Waals surface area (Å²) in [6.07, 6.45) is 2.07. The van der Waals surface area contributed by atoms with Gasteiger partial charge in [0.15, 0.2) is 0 Å². The van der Waals surface area contributed by atoms with Crippen LogP contribution in [0.25, 0.3) is 10.9 Å². The van der Waals surface area contributed by atoms with Gasteiger partial charge in [0.25, 0.3) is 0 Å². The van der Waals surface area contributed by atoms with Gasteiger partial charge >= 0.3 is 6.03 Å². The number of hydrogen-bond acceptors (Lipinski definition) is 3. The Bertz CT molecular complexity index is 710. The van der Waals surface area contributed by atoms with Crippen molar-refractivity contribution in [1.29, 1.82) is 0 Å². The highest BCUT2D eigenvalue weighted by atomic mass is 16.5. The number of amides is 2. The van der Waals surface area contributed by atoms with E-state index in [-0.39, 0.29) is 18.2 Å². The minimum absolute atomic E-state index is 0.0567. The number of ether oxygens (including phenoxy) is 1. The summed E-state index contributed by atoms with van der Waals surface area (Å²) in [5.41, 5.74) is 1.72. The van der Waals surface area contributed by atoms with Gasteiger partial charge in [-0.3, -0.25) is 4.68 Å². The van der Waals surface area contributed by atoms with Crippen molar-refractivity contribution in [3.8, 4) is 0 Å². The van der Waals surface area contributed by atoms with Crippen molar-refractivity contribution in [2.24, 2.45) is 0 Å². The first-order valence-corrected chi connectivity index (χ1v) is 8.14. The summed E-state index contributed by atoms with van der Waals surface area (Å²) in [5.74, 6) is 0. The molecule has 0 saturated carbocycles. The van der Waals surface area contributed by atoms with E-state index in [1.165, 1.54) is 0 Å². The maximum Gasteiger partial charge on any atom is 0.322 e. The van der Waals surface area contributed by atoms with Crippen LogP contribution in [0.3, 0.4) is 0 Å². The highest BCUT2D eigenvalue weighted by Gasteiger charge is 2.29. The molecule has 0 radical (unpaired) electrons. The molecule has 1 fully saturated rings. The predicted molar refractivity (Wildman–Crippen MR) is 90.7 cm³/mol. The van der Waals surface area contributed by atoms with Crippen LogP contribution in [0.4, 0.5) is 10.5 Å². The zero-order valence-corrected chi connectivity index (χ0v) is 14.1. The molecule has 0 aliphatic carbocycles. The molecule has 1 aromatic heterocycles. The van der Waals surface area contributed by atoms with Crippen LogP contribution in [0.1, 0.15) is 33.7 Å². The molecule has 1 saturated heterocycles. The first-order chi connectivity index (χ1) is 11.0. The lowest BCUT2D eigenvalue weighted by molar-refractivity contribution is -0.0355. The Morgan fingerprint density at radius 2 is 2.17 bits per heavy atom. The highest BCUT2D eigenvalue weighted by molar-refractivity contribution is 5.92. The van der Waals surface area contributed by atoms with E-state index in [2.05, 4.69) is 24.3 Å². The molecule has 1 aromatic carbocycles. The Kier molecular flexibility index (Phi) is 4.26. The van der Waals surface area contributed by atoms with Crippen molar-refractivity contribution in [1.82, 2.24) is 14.7 Å². The van der Waals surface area contributed by atoms with E-state index in [9.17, 15) is 4.79 Å². The van der Waals surface area contributed by atoms with Crippen molar-refractivity contribution in [2.75, 3.05) is 18.5 Å². The number of anilines is 1. The molecule has 2 unspecified atom stereocenters. The number of carbonyl (C=O) groups is 1. The Hall–Kier alpha value is -2.08. The van der Waals surface area contributed by atoms with Crippen LogP contribution in [0.2, 0.25) is 0 Å². The Morgan fingerprint density at radius 1 is 1.39 bits per heavy atom. The summed E-state index contributed by atoms with van der Waals surface area (Å²) in [5, 5.41) is 8.54. The average molecular weight is 316 g/mol. The lowest BCUT2D eigenvalue weighted by Crippen LogP contribution is -2.52. The summed E-state index contributed by atoms with van der Waals surface area (Å²) < 4.78 is 7.50. The SMILES string of the molecule is CC1OCCN(C(=O)Nc2ccc3nn(C(C)C)cc3c2)C1C. The lowest BCUT2D eigenvalue weighted by atomic mass is 10.1. The molecule has 2 aromatic rings. The summed E-state index contributed by atoms with van der Waals surface area (Å²) in [6, 6.07) is 6.10. The zero-order chi connectivity index (χ0) is 16.6. The number of morpholine rings is 1. The van der Waals surface area contributed by atoms with E-state index in [0.717, 1.165) is 16.6 Å². The summed E-state index contributed by atoms with van der Waals surface area (Å²) >= 11 is 0. The van der Waals surface area contributed by atoms with Gasteiger partial charge in [0, 0.05) is 29.9 Å². The molecular formula is C17H24N4O2. The number of nitrogens with zero attached hydrogens (tertiary/aromatic N) is 3. The van der Waals surface area contributed by atoms with Crippen LogP contribution in [-0.4, -0.2) is 46.0 Å². The van der Waals surface area contributed by atoms with E-state index in [0.29, 0.717) is 19.2 Å². The molecule has 0 bridgehead atoms. The third-order valence-corrected chi connectivity index (χ3v) is 4.45. The molecular weight excluding hydrogens is 292 g/mol. The fourth-order valence-corrected chi connectivity index (χ4v) is 2.80. The minimum Gasteiger partial charge on any atom is -0.375 e. The number of rotatable bonds is 2. The monoisotopic (exact) mass is 316 g/mol. The number of fused-ring (bicyclic) bond motifs is 1. The topological polar surface area (TPSA) is 59.4 Å². The Labute approximate surface area is 136 Å². The molecule has 6 heteroatoms. The Balaban J connectivity index is 1.76. The Morgan fingerprint density at radius 3 is 2.91 bits per heavy atom. The van der Waals surface area contributed by atoms with Gasteiger partial charge < -0.3 is 15.0 Å². The second-order valence-electron chi connectivity index (χ2n) is 6.42. The van der Waals surface area contributed by atoms with E-state index in [4.69, 9.17) is 4.74 Å². The van der Waals surface area contributed by atoms with Crippen molar-refractivity contribution in [3.05, 3.63) is 24.4 Å². The molecule has 2 amide bonds. The number of urea groups is 1. The summed E-state index contributed by atoms with van der Waals surface area (Å²) in [7, 11) is 0. The predicted octanol–water partition coefficient (Wildman–Crippen LogP) is 3.26. The molecule has 0 spiro atoms. The summed E-state index contributed by atoms with van der Waals surface area (Å²) in [4.78, 5) is 14.3. The molecule has 3 rings (SSSR count). The molecule has 1 aliphatic heterocycles. The normalized spacial score (nSPS) is 21.9. The van der Waals surface area contributed by atoms with Crippen molar-refractivity contribution >= 4 is 22.6 Å². The van der Waals surface area contributed by atoms with Gasteiger partial charge in [-0.1, -0.05) is 0 Å². The zero-order valence-electron chi connectivity index (χ0n) is 14.1. The van der Waals surface area contributed by atoms with Crippen LogP contribution in [0, 0.1) is 0 Å². The molecule has 6 nitrogen and oxygen atoms in total.